The third-order valence-corrected chi connectivity index (χ3v) is 4.89. The zero-order chi connectivity index (χ0) is 21.4. The summed E-state index contributed by atoms with van der Waals surface area (Å²) in [5, 5.41) is 5.60. The molecule has 1 unspecified atom stereocenters. The van der Waals surface area contributed by atoms with Gasteiger partial charge in [0.05, 0.1) is 12.5 Å². The van der Waals surface area contributed by atoms with Crippen LogP contribution in [0.25, 0.3) is 0 Å². The molecule has 0 spiro atoms. The molecule has 1 aromatic rings. The summed E-state index contributed by atoms with van der Waals surface area (Å²) in [4.78, 5) is 37.9. The van der Waals surface area contributed by atoms with Gasteiger partial charge in [0.1, 0.15) is 5.75 Å². The van der Waals surface area contributed by atoms with Crippen molar-refractivity contribution in [3.63, 3.8) is 0 Å². The van der Waals surface area contributed by atoms with E-state index in [0.717, 1.165) is 5.75 Å². The van der Waals surface area contributed by atoms with E-state index in [2.05, 4.69) is 10.6 Å². The third-order valence-electron chi connectivity index (χ3n) is 4.89. The summed E-state index contributed by atoms with van der Waals surface area (Å²) in [5.74, 6) is 0.289. The Kier molecular flexibility index (Phi) is 8.05. The van der Waals surface area contributed by atoms with Gasteiger partial charge in [0.2, 0.25) is 17.7 Å². The molecule has 0 radical (unpaired) electrons. The van der Waals surface area contributed by atoms with E-state index in [-0.39, 0.29) is 35.6 Å². The van der Waals surface area contributed by atoms with Crippen LogP contribution in [0.15, 0.2) is 24.3 Å². The smallest absolute Gasteiger partial charge is 0.225 e. The summed E-state index contributed by atoms with van der Waals surface area (Å²) < 4.78 is 5.60. The Bertz CT molecular complexity index is 710. The van der Waals surface area contributed by atoms with Crippen LogP contribution in [0, 0.1) is 12.8 Å². The monoisotopic (exact) mass is 403 g/mol. The molecule has 0 aliphatic carbocycles. The van der Waals surface area contributed by atoms with Gasteiger partial charge in [-0.3, -0.25) is 14.4 Å². The summed E-state index contributed by atoms with van der Waals surface area (Å²) >= 11 is 0. The minimum absolute atomic E-state index is 0.0128. The number of carbonyl (C=O) groups is 3. The first-order valence-corrected chi connectivity index (χ1v) is 10.2. The van der Waals surface area contributed by atoms with Crippen LogP contribution in [-0.4, -0.2) is 54.4 Å². The Labute approximate surface area is 173 Å². The molecule has 2 N–H and O–H groups in total. The molecular weight excluding hydrogens is 370 g/mol. The van der Waals surface area contributed by atoms with Crippen molar-refractivity contribution in [2.45, 2.75) is 52.5 Å². The highest BCUT2D eigenvalue weighted by molar-refractivity contribution is 5.89. The summed E-state index contributed by atoms with van der Waals surface area (Å²) in [5.41, 5.74) is 0.901. The fourth-order valence-electron chi connectivity index (χ4n) is 3.21. The molecule has 1 atom stereocenters. The van der Waals surface area contributed by atoms with Crippen LogP contribution in [0.5, 0.6) is 5.75 Å². The van der Waals surface area contributed by atoms with Crippen LogP contribution < -0.4 is 15.4 Å². The van der Waals surface area contributed by atoms with E-state index in [0.29, 0.717) is 39.1 Å². The van der Waals surface area contributed by atoms with Crippen molar-refractivity contribution >= 4 is 17.7 Å². The van der Waals surface area contributed by atoms with Gasteiger partial charge in [-0.15, -0.1) is 0 Å². The minimum atomic E-state index is -0.323. The van der Waals surface area contributed by atoms with Crippen molar-refractivity contribution in [2.24, 2.45) is 5.92 Å². The highest BCUT2D eigenvalue weighted by Crippen LogP contribution is 2.25. The Hall–Kier alpha value is -2.57. The maximum Gasteiger partial charge on any atom is 0.225 e. The van der Waals surface area contributed by atoms with Gasteiger partial charge < -0.3 is 20.3 Å². The molecule has 0 saturated carbocycles. The standard InChI is InChI=1S/C22H33N3O4/c1-16-7-9-18(10-8-16)29-13-5-6-19(26)23-11-12-24-21(28)17-14-20(27)25(15-17)22(2,3)4/h7-10,17H,5-6,11-15H2,1-4H3,(H,23,26)(H,24,28). The Morgan fingerprint density at radius 2 is 1.79 bits per heavy atom. The lowest BCUT2D eigenvalue weighted by atomic mass is 10.1. The van der Waals surface area contributed by atoms with E-state index in [1.54, 1.807) is 4.90 Å². The molecule has 1 aliphatic rings. The average molecular weight is 404 g/mol. The third kappa shape index (κ3) is 7.40. The molecule has 7 nitrogen and oxygen atoms in total. The fraction of sp³-hybridized carbons (Fsp3) is 0.591. The van der Waals surface area contributed by atoms with E-state index in [1.165, 1.54) is 5.56 Å². The first-order valence-electron chi connectivity index (χ1n) is 10.2. The fourth-order valence-corrected chi connectivity index (χ4v) is 3.21. The molecule has 0 bridgehead atoms. The molecule has 160 valence electrons. The van der Waals surface area contributed by atoms with E-state index in [9.17, 15) is 14.4 Å². The van der Waals surface area contributed by atoms with Crippen LogP contribution in [0.3, 0.4) is 0 Å². The number of nitrogens with one attached hydrogen (secondary N) is 2. The quantitative estimate of drug-likeness (QED) is 0.618. The van der Waals surface area contributed by atoms with Gasteiger partial charge in [-0.05, 0) is 46.2 Å². The molecule has 1 aliphatic heterocycles. The maximum atomic E-state index is 12.3. The first kappa shape index (κ1) is 22.7. The van der Waals surface area contributed by atoms with E-state index < -0.39 is 0 Å². The molecule has 29 heavy (non-hydrogen) atoms. The zero-order valence-corrected chi connectivity index (χ0v) is 17.9. The number of benzene rings is 1. The van der Waals surface area contributed by atoms with Crippen LogP contribution in [0.4, 0.5) is 0 Å². The summed E-state index contributed by atoms with van der Waals surface area (Å²) in [6.07, 6.45) is 1.24. The largest absolute Gasteiger partial charge is 0.494 e. The molecular formula is C22H33N3O4. The molecule has 1 aromatic carbocycles. The van der Waals surface area contributed by atoms with Crippen LogP contribution >= 0.6 is 0 Å². The normalized spacial score (nSPS) is 16.6. The Morgan fingerprint density at radius 1 is 1.14 bits per heavy atom. The lowest BCUT2D eigenvalue weighted by molar-refractivity contribution is -0.132. The number of hydrogen-bond acceptors (Lipinski definition) is 4. The molecule has 3 amide bonds. The van der Waals surface area contributed by atoms with Crippen molar-refractivity contribution in [2.75, 3.05) is 26.2 Å². The van der Waals surface area contributed by atoms with E-state index in [4.69, 9.17) is 4.74 Å². The molecule has 1 heterocycles. The molecule has 1 saturated heterocycles. The topological polar surface area (TPSA) is 87.7 Å². The number of likely N-dealkylation sites (tertiary alicyclic amines) is 1. The maximum absolute atomic E-state index is 12.3. The van der Waals surface area contributed by atoms with Gasteiger partial charge in [0.25, 0.3) is 0 Å². The van der Waals surface area contributed by atoms with Gasteiger partial charge >= 0.3 is 0 Å². The van der Waals surface area contributed by atoms with Crippen molar-refractivity contribution in [1.82, 2.24) is 15.5 Å². The van der Waals surface area contributed by atoms with Crippen molar-refractivity contribution < 1.29 is 19.1 Å². The van der Waals surface area contributed by atoms with Crippen LogP contribution in [0.1, 0.15) is 45.6 Å². The van der Waals surface area contributed by atoms with Crippen molar-refractivity contribution in [3.05, 3.63) is 29.8 Å². The number of carbonyl (C=O) groups excluding carboxylic acids is 3. The lowest BCUT2D eigenvalue weighted by Gasteiger charge is -2.31. The van der Waals surface area contributed by atoms with E-state index in [1.807, 2.05) is 52.0 Å². The van der Waals surface area contributed by atoms with Gasteiger partial charge in [-0.1, -0.05) is 17.7 Å². The minimum Gasteiger partial charge on any atom is -0.494 e. The van der Waals surface area contributed by atoms with Crippen LogP contribution in [0.2, 0.25) is 0 Å². The SMILES string of the molecule is Cc1ccc(OCCCC(=O)NCCNC(=O)C2CC(=O)N(C(C)(C)C)C2)cc1. The molecule has 2 rings (SSSR count). The summed E-state index contributed by atoms with van der Waals surface area (Å²) in [7, 11) is 0. The number of amides is 3. The number of hydrogen-bond donors (Lipinski definition) is 2. The van der Waals surface area contributed by atoms with Gasteiger partial charge in [0, 0.05) is 38.0 Å². The Morgan fingerprint density at radius 3 is 2.41 bits per heavy atom. The predicted octanol–water partition coefficient (Wildman–Crippen LogP) is 2.03. The first-order chi connectivity index (χ1) is 13.7. The van der Waals surface area contributed by atoms with Gasteiger partial charge in [0.15, 0.2) is 0 Å². The predicted molar refractivity (Wildman–Crippen MR) is 112 cm³/mol. The molecule has 0 aromatic heterocycles. The zero-order valence-electron chi connectivity index (χ0n) is 17.9. The van der Waals surface area contributed by atoms with Gasteiger partial charge in [-0.2, -0.15) is 0 Å². The van der Waals surface area contributed by atoms with Crippen molar-refractivity contribution in [1.29, 1.82) is 0 Å². The number of nitrogens with zero attached hydrogens (tertiary/aromatic N) is 1. The summed E-state index contributed by atoms with van der Waals surface area (Å²) in [6, 6.07) is 7.80. The second-order valence-corrected chi connectivity index (χ2v) is 8.48. The number of ether oxygens (including phenoxy) is 1. The second-order valence-electron chi connectivity index (χ2n) is 8.48. The number of aryl methyl sites for hydroxylation is 1. The molecule has 1 fully saturated rings. The van der Waals surface area contributed by atoms with E-state index >= 15 is 0 Å². The average Bonchev–Trinajstić information content (AvgIpc) is 3.06. The second kappa shape index (κ2) is 10.3. The highest BCUT2D eigenvalue weighted by atomic mass is 16.5. The molecule has 7 heteroatoms. The highest BCUT2D eigenvalue weighted by Gasteiger charge is 2.39. The lowest BCUT2D eigenvalue weighted by Crippen LogP contribution is -2.43. The van der Waals surface area contributed by atoms with Crippen LogP contribution in [-0.2, 0) is 14.4 Å². The number of rotatable bonds is 9. The van der Waals surface area contributed by atoms with Crippen molar-refractivity contribution in [3.8, 4) is 5.75 Å². The Balaban J connectivity index is 1.55. The summed E-state index contributed by atoms with van der Waals surface area (Å²) in [6.45, 7) is 9.56. The van der Waals surface area contributed by atoms with Gasteiger partial charge in [-0.25, -0.2) is 0 Å².